The number of hydrogen-bond donors (Lipinski definition) is 0. The number of hydrogen-bond acceptors (Lipinski definition) is 4. The maximum Gasteiger partial charge on any atom is 0.207 e. The van der Waals surface area contributed by atoms with Gasteiger partial charge >= 0.3 is 0 Å². The molecule has 0 atom stereocenters. The van der Waals surface area contributed by atoms with Gasteiger partial charge in [0.2, 0.25) is 5.43 Å². The first kappa shape index (κ1) is 20.8. The fourth-order valence-corrected chi connectivity index (χ4v) is 4.48. The molecule has 0 spiro atoms. The molecule has 5 rings (SSSR count). The second kappa shape index (κ2) is 8.79. The van der Waals surface area contributed by atoms with Gasteiger partial charge < -0.3 is 14.4 Å². The zero-order chi connectivity index (χ0) is 22.8. The number of nitrogens with zero attached hydrogens (tertiary/aromatic N) is 4. The van der Waals surface area contributed by atoms with Crippen molar-refractivity contribution in [3.8, 4) is 6.07 Å². The summed E-state index contributed by atoms with van der Waals surface area (Å²) in [6.07, 6.45) is 1.58. The van der Waals surface area contributed by atoms with Crippen LogP contribution in [0.25, 0.3) is 10.9 Å². The molecule has 0 aliphatic carbocycles. The van der Waals surface area contributed by atoms with E-state index in [4.69, 9.17) is 0 Å². The maximum absolute atomic E-state index is 15.2. The van der Waals surface area contributed by atoms with Crippen LogP contribution in [0.4, 0.5) is 15.8 Å². The Morgan fingerprint density at radius 2 is 1.52 bits per heavy atom. The molecule has 0 saturated carbocycles. The maximum atomic E-state index is 15.2. The van der Waals surface area contributed by atoms with Crippen molar-refractivity contribution < 1.29 is 4.39 Å². The van der Waals surface area contributed by atoms with Crippen LogP contribution in [0, 0.1) is 17.1 Å². The molecule has 1 fully saturated rings. The molecular weight excluding hydrogens is 415 g/mol. The van der Waals surface area contributed by atoms with E-state index in [1.165, 1.54) is 6.07 Å². The Kier molecular flexibility index (Phi) is 5.54. The number of piperazine rings is 1. The van der Waals surface area contributed by atoms with Gasteiger partial charge in [-0.1, -0.05) is 48.5 Å². The average molecular weight is 439 g/mol. The van der Waals surface area contributed by atoms with Gasteiger partial charge in [0.25, 0.3) is 0 Å². The third-order valence-corrected chi connectivity index (χ3v) is 6.21. The van der Waals surface area contributed by atoms with E-state index >= 15 is 4.39 Å². The number of fused-ring (bicyclic) bond motifs is 1. The van der Waals surface area contributed by atoms with E-state index in [9.17, 15) is 10.1 Å². The van der Waals surface area contributed by atoms with Crippen molar-refractivity contribution >= 4 is 22.3 Å². The second-order valence-corrected chi connectivity index (χ2v) is 8.23. The van der Waals surface area contributed by atoms with E-state index in [-0.39, 0.29) is 10.9 Å². The largest absolute Gasteiger partial charge is 0.368 e. The normalized spacial score (nSPS) is 13.8. The summed E-state index contributed by atoms with van der Waals surface area (Å²) in [4.78, 5) is 17.1. The lowest BCUT2D eigenvalue weighted by Crippen LogP contribution is -2.46. The van der Waals surface area contributed by atoms with Crippen LogP contribution in [0.3, 0.4) is 0 Å². The summed E-state index contributed by atoms with van der Waals surface area (Å²) in [5, 5.41) is 9.68. The highest BCUT2D eigenvalue weighted by molar-refractivity contribution is 5.84. The Hall–Kier alpha value is -4.11. The van der Waals surface area contributed by atoms with Crippen LogP contribution in [0.5, 0.6) is 0 Å². The summed E-state index contributed by atoms with van der Waals surface area (Å²) in [6.45, 7) is 3.41. The van der Waals surface area contributed by atoms with E-state index in [0.29, 0.717) is 30.8 Å². The van der Waals surface area contributed by atoms with Gasteiger partial charge in [-0.25, -0.2) is 4.39 Å². The van der Waals surface area contributed by atoms with Gasteiger partial charge in [0.1, 0.15) is 17.4 Å². The summed E-state index contributed by atoms with van der Waals surface area (Å²) in [5.41, 5.74) is 2.90. The van der Waals surface area contributed by atoms with E-state index in [2.05, 4.69) is 17.0 Å². The molecule has 1 aromatic heterocycles. The Morgan fingerprint density at radius 3 is 2.18 bits per heavy atom. The number of pyridine rings is 1. The third kappa shape index (κ3) is 4.06. The lowest BCUT2D eigenvalue weighted by molar-refractivity contribution is 0.599. The Morgan fingerprint density at radius 1 is 0.879 bits per heavy atom. The summed E-state index contributed by atoms with van der Waals surface area (Å²) >= 11 is 0. The number of para-hydroxylation sites is 1. The Bertz CT molecular complexity index is 1390. The van der Waals surface area contributed by atoms with Crippen molar-refractivity contribution in [3.63, 3.8) is 0 Å². The second-order valence-electron chi connectivity index (χ2n) is 8.23. The minimum atomic E-state index is -0.436. The minimum absolute atomic E-state index is 0.0158. The van der Waals surface area contributed by atoms with Crippen LogP contribution >= 0.6 is 0 Å². The van der Waals surface area contributed by atoms with E-state index in [1.54, 1.807) is 12.3 Å². The fraction of sp³-hybridized carbons (Fsp3) is 0.185. The summed E-state index contributed by atoms with van der Waals surface area (Å²) in [5.74, 6) is -0.436. The molecule has 5 nitrogen and oxygen atoms in total. The lowest BCUT2D eigenvalue weighted by Gasteiger charge is -2.37. The average Bonchev–Trinajstić information content (AvgIpc) is 2.87. The van der Waals surface area contributed by atoms with Crippen molar-refractivity contribution in [3.05, 3.63) is 106 Å². The molecule has 0 bridgehead atoms. The summed E-state index contributed by atoms with van der Waals surface area (Å²) in [6, 6.07) is 25.0. The highest BCUT2D eigenvalue weighted by Crippen LogP contribution is 2.27. The van der Waals surface area contributed by atoms with Gasteiger partial charge in [-0.15, -0.1) is 0 Å². The molecule has 1 saturated heterocycles. The molecular formula is C27H23FN4O. The summed E-state index contributed by atoms with van der Waals surface area (Å²) in [7, 11) is 0. The number of anilines is 2. The molecule has 3 aromatic carbocycles. The van der Waals surface area contributed by atoms with Crippen molar-refractivity contribution in [1.29, 1.82) is 5.26 Å². The van der Waals surface area contributed by atoms with Gasteiger partial charge in [0, 0.05) is 44.6 Å². The van der Waals surface area contributed by atoms with E-state index in [0.717, 1.165) is 24.3 Å². The Labute approximate surface area is 191 Å². The fourth-order valence-electron chi connectivity index (χ4n) is 4.48. The minimum Gasteiger partial charge on any atom is -0.368 e. The number of benzene rings is 3. The highest BCUT2D eigenvalue weighted by atomic mass is 19.1. The molecule has 0 N–H and O–H groups in total. The molecule has 0 amide bonds. The van der Waals surface area contributed by atoms with Crippen LogP contribution in [-0.4, -0.2) is 30.7 Å². The monoisotopic (exact) mass is 438 g/mol. The van der Waals surface area contributed by atoms with Gasteiger partial charge in [-0.05, 0) is 29.8 Å². The number of halogens is 1. The number of nitriles is 1. The van der Waals surface area contributed by atoms with E-state index in [1.807, 2.05) is 64.1 Å². The van der Waals surface area contributed by atoms with E-state index < -0.39 is 11.2 Å². The number of aromatic nitrogens is 1. The molecule has 1 aliphatic heterocycles. The van der Waals surface area contributed by atoms with Crippen molar-refractivity contribution in [2.45, 2.75) is 6.54 Å². The van der Waals surface area contributed by atoms with Crippen LogP contribution in [-0.2, 0) is 6.54 Å². The lowest BCUT2D eigenvalue weighted by atomic mass is 10.1. The molecule has 1 aliphatic rings. The molecule has 33 heavy (non-hydrogen) atoms. The first-order chi connectivity index (χ1) is 16.1. The quantitative estimate of drug-likeness (QED) is 0.474. The standard InChI is InChI=1S/C27H23FN4O/c28-24-15-23-25(32(19-21(17-29)27(23)33)18-20-7-3-1-4-8-20)16-26(24)31-13-11-30(12-14-31)22-9-5-2-6-10-22/h1-10,15-16,19H,11-14,18H2. The van der Waals surface area contributed by atoms with Crippen LogP contribution in [0.15, 0.2) is 83.8 Å². The Balaban J connectivity index is 1.51. The first-order valence-electron chi connectivity index (χ1n) is 11.0. The first-order valence-corrected chi connectivity index (χ1v) is 11.0. The van der Waals surface area contributed by atoms with Crippen LogP contribution in [0.1, 0.15) is 11.1 Å². The predicted octanol–water partition coefficient (Wildman–Crippen LogP) is 4.39. The van der Waals surface area contributed by atoms with Crippen LogP contribution < -0.4 is 15.2 Å². The van der Waals surface area contributed by atoms with Gasteiger partial charge in [-0.2, -0.15) is 5.26 Å². The molecule has 164 valence electrons. The van der Waals surface area contributed by atoms with Gasteiger partial charge in [0.15, 0.2) is 0 Å². The molecule has 0 radical (unpaired) electrons. The van der Waals surface area contributed by atoms with Crippen molar-refractivity contribution in [2.75, 3.05) is 36.0 Å². The smallest absolute Gasteiger partial charge is 0.207 e. The van der Waals surface area contributed by atoms with Gasteiger partial charge in [0.05, 0.1) is 16.6 Å². The zero-order valence-corrected chi connectivity index (χ0v) is 18.1. The molecule has 0 unspecified atom stereocenters. The predicted molar refractivity (Wildman–Crippen MR) is 129 cm³/mol. The van der Waals surface area contributed by atoms with Gasteiger partial charge in [-0.3, -0.25) is 4.79 Å². The summed E-state index contributed by atoms with van der Waals surface area (Å²) < 4.78 is 17.1. The van der Waals surface area contributed by atoms with Crippen molar-refractivity contribution in [2.24, 2.45) is 0 Å². The molecule has 4 aromatic rings. The SMILES string of the molecule is N#Cc1cn(Cc2ccccc2)c2cc(N3CCN(c4ccccc4)CC3)c(F)cc2c1=O. The third-order valence-electron chi connectivity index (χ3n) is 6.21. The topological polar surface area (TPSA) is 52.3 Å². The molecule has 6 heteroatoms. The highest BCUT2D eigenvalue weighted by Gasteiger charge is 2.22. The zero-order valence-electron chi connectivity index (χ0n) is 18.1. The molecule has 2 heterocycles. The van der Waals surface area contributed by atoms with Crippen molar-refractivity contribution in [1.82, 2.24) is 4.57 Å². The van der Waals surface area contributed by atoms with Crippen LogP contribution in [0.2, 0.25) is 0 Å². The number of rotatable bonds is 4.